The Morgan fingerprint density at radius 1 is 1.33 bits per heavy atom. The van der Waals surface area contributed by atoms with Crippen molar-refractivity contribution in [1.82, 2.24) is 4.98 Å². The van der Waals surface area contributed by atoms with Gasteiger partial charge in [0.1, 0.15) is 5.75 Å². The number of methoxy groups -OCH3 is 2. The molecule has 2 aromatic rings. The predicted octanol–water partition coefficient (Wildman–Crippen LogP) is 4.14. The molecule has 1 N–H and O–H groups in total. The van der Waals surface area contributed by atoms with Crippen molar-refractivity contribution >= 4 is 60.0 Å². The van der Waals surface area contributed by atoms with Gasteiger partial charge in [-0.1, -0.05) is 0 Å². The number of hydrogen-bond acceptors (Lipinski definition) is 6. The fourth-order valence-corrected chi connectivity index (χ4v) is 3.54. The third-order valence-corrected chi connectivity index (χ3v) is 4.67. The summed E-state index contributed by atoms with van der Waals surface area (Å²) in [6.07, 6.45) is 0.166. The largest absolute Gasteiger partial charge is 0.495 e. The summed E-state index contributed by atoms with van der Waals surface area (Å²) in [7, 11) is 2.97. The topological polar surface area (TPSA) is 60.5 Å². The molecule has 1 aromatic heterocycles. The molecule has 1 heterocycles. The maximum absolute atomic E-state index is 11.2. The van der Waals surface area contributed by atoms with Gasteiger partial charge in [0, 0.05) is 15.9 Å². The molecule has 0 aliphatic heterocycles. The van der Waals surface area contributed by atoms with Gasteiger partial charge in [-0.25, -0.2) is 4.98 Å². The van der Waals surface area contributed by atoms with E-state index >= 15 is 0 Å². The Morgan fingerprint density at radius 2 is 2.10 bits per heavy atom. The van der Waals surface area contributed by atoms with E-state index in [0.29, 0.717) is 16.6 Å². The lowest BCUT2D eigenvalue weighted by Gasteiger charge is -2.10. The van der Waals surface area contributed by atoms with Crippen LogP contribution in [-0.2, 0) is 16.0 Å². The van der Waals surface area contributed by atoms with E-state index in [0.717, 1.165) is 14.6 Å². The third kappa shape index (κ3) is 4.18. The summed E-state index contributed by atoms with van der Waals surface area (Å²) in [5, 5.41) is 5.71. The van der Waals surface area contributed by atoms with E-state index < -0.39 is 0 Å². The fraction of sp³-hybridized carbons (Fsp3) is 0.231. The number of ether oxygens (including phenoxy) is 2. The summed E-state index contributed by atoms with van der Waals surface area (Å²) in [4.78, 5) is 15.6. The summed E-state index contributed by atoms with van der Waals surface area (Å²) in [6, 6.07) is 3.75. The quantitative estimate of drug-likeness (QED) is 0.715. The Balaban J connectivity index is 2.17. The number of hydrogen-bond donors (Lipinski definition) is 1. The molecule has 112 valence electrons. The molecule has 0 atom stereocenters. The van der Waals surface area contributed by atoms with E-state index in [-0.39, 0.29) is 12.4 Å². The minimum absolute atomic E-state index is 0.166. The number of thiazole rings is 1. The first-order valence-corrected chi connectivity index (χ1v) is 8.31. The lowest BCUT2D eigenvalue weighted by molar-refractivity contribution is -0.139. The van der Waals surface area contributed by atoms with Crippen LogP contribution in [0.25, 0.3) is 0 Å². The summed E-state index contributed by atoms with van der Waals surface area (Å²) in [5.41, 5.74) is 1.50. The second kappa shape index (κ2) is 7.24. The van der Waals surface area contributed by atoms with Crippen molar-refractivity contribution in [1.29, 1.82) is 0 Å². The molecule has 0 saturated carbocycles. The molecule has 8 heteroatoms. The highest BCUT2D eigenvalue weighted by molar-refractivity contribution is 9.11. The van der Waals surface area contributed by atoms with Crippen LogP contribution >= 0.6 is 43.2 Å². The number of esters is 1. The summed E-state index contributed by atoms with van der Waals surface area (Å²) < 4.78 is 11.6. The van der Waals surface area contributed by atoms with Crippen molar-refractivity contribution in [2.75, 3.05) is 19.5 Å². The maximum Gasteiger partial charge on any atom is 0.311 e. The van der Waals surface area contributed by atoms with Gasteiger partial charge in [-0.05, 0) is 37.9 Å². The molecule has 0 aliphatic rings. The fourth-order valence-electron chi connectivity index (χ4n) is 1.56. The zero-order valence-corrected chi connectivity index (χ0v) is 15.3. The number of rotatable bonds is 5. The zero-order chi connectivity index (χ0) is 15.4. The maximum atomic E-state index is 11.2. The van der Waals surface area contributed by atoms with E-state index in [2.05, 4.69) is 46.9 Å². The number of benzene rings is 1. The minimum atomic E-state index is -0.307. The van der Waals surface area contributed by atoms with E-state index in [1.807, 2.05) is 17.5 Å². The highest BCUT2D eigenvalue weighted by atomic mass is 79.9. The highest BCUT2D eigenvalue weighted by Crippen LogP contribution is 2.36. The molecule has 0 aliphatic carbocycles. The van der Waals surface area contributed by atoms with Crippen LogP contribution in [0.1, 0.15) is 5.69 Å². The molecule has 5 nitrogen and oxygen atoms in total. The molecule has 1 aromatic carbocycles. The van der Waals surface area contributed by atoms with Gasteiger partial charge in [0.2, 0.25) is 0 Å². The number of nitrogens with zero attached hydrogens (tertiary/aromatic N) is 1. The van der Waals surface area contributed by atoms with E-state index in [1.165, 1.54) is 18.4 Å². The SMILES string of the molecule is COC(=O)Cc1csc(Nc2cc(OC)c(Br)cc2Br)n1. The van der Waals surface area contributed by atoms with Crippen LogP contribution in [0.3, 0.4) is 0 Å². The summed E-state index contributed by atoms with van der Waals surface area (Å²) >= 11 is 8.32. The van der Waals surface area contributed by atoms with Gasteiger partial charge >= 0.3 is 5.97 Å². The van der Waals surface area contributed by atoms with Crippen LogP contribution in [0.5, 0.6) is 5.75 Å². The van der Waals surface area contributed by atoms with Crippen molar-refractivity contribution in [2.45, 2.75) is 6.42 Å². The second-order valence-corrected chi connectivity index (χ2v) is 6.56. The zero-order valence-electron chi connectivity index (χ0n) is 11.3. The van der Waals surface area contributed by atoms with Gasteiger partial charge in [0.05, 0.1) is 36.5 Å². The minimum Gasteiger partial charge on any atom is -0.495 e. The van der Waals surface area contributed by atoms with Gasteiger partial charge in [-0.15, -0.1) is 11.3 Å². The molecule has 2 rings (SSSR count). The van der Waals surface area contributed by atoms with Crippen LogP contribution in [0.4, 0.5) is 10.8 Å². The Kier molecular flexibility index (Phi) is 5.60. The summed E-state index contributed by atoms with van der Waals surface area (Å²) in [5.74, 6) is 0.408. The first-order chi connectivity index (χ1) is 10.0. The molecule has 0 amide bonds. The Morgan fingerprint density at radius 3 is 2.76 bits per heavy atom. The van der Waals surface area contributed by atoms with Gasteiger partial charge < -0.3 is 14.8 Å². The Labute approximate surface area is 142 Å². The Bertz CT molecular complexity index is 661. The van der Waals surface area contributed by atoms with Crippen molar-refractivity contribution in [3.05, 3.63) is 32.2 Å². The molecular formula is C13H12Br2N2O3S. The van der Waals surface area contributed by atoms with Crippen LogP contribution in [-0.4, -0.2) is 25.2 Å². The molecule has 0 unspecified atom stereocenters. The van der Waals surface area contributed by atoms with Gasteiger partial charge in [0.25, 0.3) is 0 Å². The molecule has 21 heavy (non-hydrogen) atoms. The van der Waals surface area contributed by atoms with Crippen molar-refractivity contribution in [2.24, 2.45) is 0 Å². The first-order valence-electron chi connectivity index (χ1n) is 5.84. The van der Waals surface area contributed by atoms with Crippen LogP contribution < -0.4 is 10.1 Å². The van der Waals surface area contributed by atoms with E-state index in [1.54, 1.807) is 7.11 Å². The molecule has 0 bridgehead atoms. The molecule has 0 spiro atoms. The lowest BCUT2D eigenvalue weighted by Crippen LogP contribution is -2.04. The number of halogens is 2. The number of carbonyl (C=O) groups is 1. The van der Waals surface area contributed by atoms with Crippen molar-refractivity contribution < 1.29 is 14.3 Å². The number of carbonyl (C=O) groups excluding carboxylic acids is 1. The number of aromatic nitrogens is 1. The average Bonchev–Trinajstić information content (AvgIpc) is 2.89. The second-order valence-electron chi connectivity index (χ2n) is 3.99. The smallest absolute Gasteiger partial charge is 0.311 e. The normalized spacial score (nSPS) is 10.3. The Hall–Kier alpha value is -1.12. The molecule has 0 fully saturated rings. The van der Waals surface area contributed by atoms with E-state index in [9.17, 15) is 4.79 Å². The predicted molar refractivity (Wildman–Crippen MR) is 89.5 cm³/mol. The van der Waals surface area contributed by atoms with Gasteiger partial charge in [0.15, 0.2) is 5.13 Å². The number of anilines is 2. The van der Waals surface area contributed by atoms with Crippen molar-refractivity contribution in [3.63, 3.8) is 0 Å². The average molecular weight is 436 g/mol. The molecular weight excluding hydrogens is 424 g/mol. The van der Waals surface area contributed by atoms with Crippen LogP contribution in [0, 0.1) is 0 Å². The van der Waals surface area contributed by atoms with Crippen LogP contribution in [0.15, 0.2) is 26.5 Å². The standard InChI is InChI=1S/C13H12Br2N2O3S/c1-19-11-5-10(8(14)4-9(11)15)17-13-16-7(6-21-13)3-12(18)20-2/h4-6H,3H2,1-2H3,(H,16,17). The van der Waals surface area contributed by atoms with E-state index in [4.69, 9.17) is 4.74 Å². The summed E-state index contributed by atoms with van der Waals surface area (Å²) in [6.45, 7) is 0. The van der Waals surface area contributed by atoms with Crippen molar-refractivity contribution in [3.8, 4) is 5.75 Å². The third-order valence-electron chi connectivity index (χ3n) is 2.59. The van der Waals surface area contributed by atoms with Gasteiger partial charge in [-0.3, -0.25) is 4.79 Å². The number of nitrogens with one attached hydrogen (secondary N) is 1. The first kappa shape index (κ1) is 16.3. The lowest BCUT2D eigenvalue weighted by atomic mass is 10.3. The highest BCUT2D eigenvalue weighted by Gasteiger charge is 2.11. The van der Waals surface area contributed by atoms with Crippen LogP contribution in [0.2, 0.25) is 0 Å². The monoisotopic (exact) mass is 434 g/mol. The molecule has 0 radical (unpaired) electrons. The van der Waals surface area contributed by atoms with Gasteiger partial charge in [-0.2, -0.15) is 0 Å². The molecule has 0 saturated heterocycles.